The van der Waals surface area contributed by atoms with Crippen LogP contribution in [-0.2, 0) is 23.8 Å². The van der Waals surface area contributed by atoms with Crippen LogP contribution >= 0.6 is 0 Å². The molecule has 11 nitrogen and oxygen atoms in total. The molecule has 1 fully saturated rings. The molecular formula is C74H135NO10. The van der Waals surface area contributed by atoms with Crippen molar-refractivity contribution in [2.24, 2.45) is 0 Å². The second-order valence-corrected chi connectivity index (χ2v) is 25.0. The fourth-order valence-electron chi connectivity index (χ4n) is 11.2. The molecule has 496 valence electrons. The van der Waals surface area contributed by atoms with E-state index in [2.05, 4.69) is 74.7 Å². The van der Waals surface area contributed by atoms with Crippen molar-refractivity contribution in [2.45, 2.75) is 384 Å². The van der Waals surface area contributed by atoms with Gasteiger partial charge in [0.1, 0.15) is 24.4 Å². The van der Waals surface area contributed by atoms with Crippen molar-refractivity contribution in [1.29, 1.82) is 0 Å². The van der Waals surface area contributed by atoms with Gasteiger partial charge in [0.2, 0.25) is 5.91 Å². The first-order valence-electron chi connectivity index (χ1n) is 36.1. The number of unbranched alkanes of at least 4 members (excludes halogenated alkanes) is 40. The molecule has 0 spiro atoms. The summed E-state index contributed by atoms with van der Waals surface area (Å²) in [6, 6.07) is -1.03. The summed E-state index contributed by atoms with van der Waals surface area (Å²) in [6.07, 6.45) is 68.2. The summed E-state index contributed by atoms with van der Waals surface area (Å²) >= 11 is 0. The smallest absolute Gasteiger partial charge is 0.306 e. The van der Waals surface area contributed by atoms with Crippen molar-refractivity contribution in [3.63, 3.8) is 0 Å². The van der Waals surface area contributed by atoms with Crippen molar-refractivity contribution >= 4 is 11.9 Å². The first kappa shape index (κ1) is 80.4. The van der Waals surface area contributed by atoms with Crippen LogP contribution in [0.15, 0.2) is 60.8 Å². The highest BCUT2D eigenvalue weighted by Crippen LogP contribution is 2.26. The van der Waals surface area contributed by atoms with Crippen LogP contribution in [0.5, 0.6) is 0 Å². The molecule has 1 saturated heterocycles. The molecular weight excluding hydrogens is 1060 g/mol. The molecule has 0 bridgehead atoms. The minimum atomic E-state index is -1.62. The van der Waals surface area contributed by atoms with Crippen molar-refractivity contribution < 1.29 is 49.3 Å². The number of hydrogen-bond acceptors (Lipinski definition) is 10. The van der Waals surface area contributed by atoms with E-state index < -0.39 is 67.4 Å². The number of carbonyl (C=O) groups excluding carboxylic acids is 2. The maximum Gasteiger partial charge on any atom is 0.306 e. The van der Waals surface area contributed by atoms with Gasteiger partial charge in [0, 0.05) is 6.42 Å². The highest BCUT2D eigenvalue weighted by molar-refractivity contribution is 5.80. The van der Waals surface area contributed by atoms with Crippen molar-refractivity contribution in [2.75, 3.05) is 13.2 Å². The number of aliphatic hydroxyl groups excluding tert-OH is 5. The van der Waals surface area contributed by atoms with E-state index >= 15 is 0 Å². The Morgan fingerprint density at radius 1 is 0.459 bits per heavy atom. The van der Waals surface area contributed by atoms with E-state index in [-0.39, 0.29) is 19.4 Å². The number of amides is 1. The fraction of sp³-hybridized carbons (Fsp3) is 0.838. The highest BCUT2D eigenvalue weighted by Gasteiger charge is 2.47. The Kier molecular flexibility index (Phi) is 58.2. The summed E-state index contributed by atoms with van der Waals surface area (Å²) in [6.45, 7) is 5.80. The maximum atomic E-state index is 13.5. The van der Waals surface area contributed by atoms with Gasteiger partial charge in [0.15, 0.2) is 12.4 Å². The third kappa shape index (κ3) is 48.9. The molecule has 1 aliphatic heterocycles. The molecule has 0 aromatic carbocycles. The molecule has 1 rings (SSSR count). The third-order valence-electron chi connectivity index (χ3n) is 16.9. The van der Waals surface area contributed by atoms with Gasteiger partial charge in [-0.2, -0.15) is 0 Å². The molecule has 0 aromatic rings. The summed E-state index contributed by atoms with van der Waals surface area (Å²) in [5.41, 5.74) is 0. The van der Waals surface area contributed by atoms with Crippen LogP contribution < -0.4 is 5.32 Å². The second-order valence-electron chi connectivity index (χ2n) is 25.0. The van der Waals surface area contributed by atoms with Gasteiger partial charge in [-0.25, -0.2) is 0 Å². The Hall–Kier alpha value is -2.64. The topological polar surface area (TPSA) is 175 Å². The van der Waals surface area contributed by atoms with Crippen LogP contribution in [0.4, 0.5) is 0 Å². The van der Waals surface area contributed by atoms with E-state index in [0.29, 0.717) is 12.8 Å². The second kappa shape index (κ2) is 61.6. The quantitative estimate of drug-likeness (QED) is 0.0195. The van der Waals surface area contributed by atoms with Crippen LogP contribution in [-0.4, -0.2) is 99.6 Å². The molecule has 6 N–H and O–H groups in total. The Morgan fingerprint density at radius 3 is 1.25 bits per heavy atom. The molecule has 85 heavy (non-hydrogen) atoms. The van der Waals surface area contributed by atoms with Crippen molar-refractivity contribution in [1.82, 2.24) is 5.32 Å². The molecule has 8 atom stereocenters. The average molecular weight is 1200 g/mol. The summed E-state index contributed by atoms with van der Waals surface area (Å²) in [7, 11) is 0. The van der Waals surface area contributed by atoms with Crippen molar-refractivity contribution in [3.05, 3.63) is 60.8 Å². The lowest BCUT2D eigenvalue weighted by atomic mass is 9.99. The first-order valence-corrected chi connectivity index (χ1v) is 36.1. The molecule has 8 unspecified atom stereocenters. The standard InChI is InChI=1S/C74H135NO10/c1-4-7-10-13-16-19-22-25-27-29-31-33-35-36-38-40-43-46-49-52-55-58-61-67(78)73(82)75-65(66(77)60-57-54-51-48-45-42-24-21-18-15-12-9-6-3)64-83-74-72(71(81)70(80)68(63-76)84-74)85-69(79)62-59-56-53-50-47-44-41-39-37-34-32-30-28-26-23-20-17-14-11-8-5-2/h16,19,25-28,31,33,57,60,65-68,70-72,74,76-78,80-81H,4-15,17-18,20-24,29-30,32,34-56,58-59,61-64H2,1-3H3,(H,75,82)/b19-16-,27-25-,28-26+,33-31-,60-57+. The predicted molar refractivity (Wildman–Crippen MR) is 356 cm³/mol. The monoisotopic (exact) mass is 1200 g/mol. The average Bonchev–Trinajstić information content (AvgIpc) is 3.19. The number of rotatable bonds is 62. The number of ether oxygens (including phenoxy) is 3. The van der Waals surface area contributed by atoms with E-state index in [9.17, 15) is 35.1 Å². The molecule has 1 heterocycles. The van der Waals surface area contributed by atoms with Crippen LogP contribution in [0.1, 0.15) is 335 Å². The summed E-state index contributed by atoms with van der Waals surface area (Å²) in [4.78, 5) is 26.7. The fourth-order valence-corrected chi connectivity index (χ4v) is 11.2. The predicted octanol–water partition coefficient (Wildman–Crippen LogP) is 18.5. The van der Waals surface area contributed by atoms with Gasteiger partial charge in [-0.1, -0.05) is 300 Å². The number of aliphatic hydroxyl groups is 5. The number of hydrogen-bond donors (Lipinski definition) is 6. The van der Waals surface area contributed by atoms with Gasteiger partial charge in [0.25, 0.3) is 0 Å². The highest BCUT2D eigenvalue weighted by atomic mass is 16.7. The van der Waals surface area contributed by atoms with E-state index in [1.54, 1.807) is 6.08 Å². The van der Waals surface area contributed by atoms with Crippen molar-refractivity contribution in [3.8, 4) is 0 Å². The van der Waals surface area contributed by atoms with Gasteiger partial charge in [0.05, 0.1) is 25.4 Å². The van der Waals surface area contributed by atoms with Crippen LogP contribution in [0.3, 0.4) is 0 Å². The van der Waals surface area contributed by atoms with Crippen LogP contribution in [0.25, 0.3) is 0 Å². The molecule has 0 aliphatic carbocycles. The maximum absolute atomic E-state index is 13.5. The van der Waals surface area contributed by atoms with E-state index in [4.69, 9.17) is 14.2 Å². The van der Waals surface area contributed by atoms with Gasteiger partial charge >= 0.3 is 5.97 Å². The minimum absolute atomic E-state index is 0.123. The Balaban J connectivity index is 2.60. The van der Waals surface area contributed by atoms with Crippen LogP contribution in [0, 0.1) is 0 Å². The molecule has 1 aliphatic rings. The number of nitrogens with one attached hydrogen (secondary N) is 1. The first-order chi connectivity index (χ1) is 41.7. The van der Waals surface area contributed by atoms with E-state index in [0.717, 1.165) is 77.0 Å². The molecule has 0 saturated carbocycles. The van der Waals surface area contributed by atoms with E-state index in [1.807, 2.05) is 6.08 Å². The Labute approximate surface area is 522 Å². The largest absolute Gasteiger partial charge is 0.454 e. The Bertz CT molecular complexity index is 1620. The zero-order valence-corrected chi connectivity index (χ0v) is 55.2. The number of carbonyl (C=O) groups is 2. The molecule has 1 amide bonds. The molecule has 11 heteroatoms. The summed E-state index contributed by atoms with van der Waals surface area (Å²) in [5.74, 6) is -1.19. The van der Waals surface area contributed by atoms with Crippen LogP contribution in [0.2, 0.25) is 0 Å². The number of allylic oxidation sites excluding steroid dienone is 9. The third-order valence-corrected chi connectivity index (χ3v) is 16.9. The molecule has 0 radical (unpaired) electrons. The van der Waals surface area contributed by atoms with E-state index in [1.165, 1.54) is 212 Å². The SMILES string of the molecule is CCCCC/C=C\C/C=C\C/C=C\CCCCCCCCCCCC(O)C(=O)NC(COC1OC(CO)C(O)C(O)C1OC(=O)CCCCCCCCCCCCC/C=C/CCCCCCCC)C(O)/C=C/CCCCCCCCCCCCC. The lowest BCUT2D eigenvalue weighted by Crippen LogP contribution is -2.61. The lowest BCUT2D eigenvalue weighted by molar-refractivity contribution is -0.305. The van der Waals surface area contributed by atoms with Gasteiger partial charge in [-0.05, 0) is 89.9 Å². The summed E-state index contributed by atoms with van der Waals surface area (Å²) in [5, 5.41) is 57.3. The normalized spacial score (nSPS) is 18.7. The zero-order valence-electron chi connectivity index (χ0n) is 55.2. The minimum Gasteiger partial charge on any atom is -0.454 e. The van der Waals surface area contributed by atoms with Gasteiger partial charge in [-0.15, -0.1) is 0 Å². The number of esters is 1. The Morgan fingerprint density at radius 2 is 0.812 bits per heavy atom. The van der Waals surface area contributed by atoms with Gasteiger partial charge in [-0.3, -0.25) is 9.59 Å². The van der Waals surface area contributed by atoms with Gasteiger partial charge < -0.3 is 45.1 Å². The molecule has 0 aromatic heterocycles. The summed E-state index contributed by atoms with van der Waals surface area (Å²) < 4.78 is 17.7. The lowest BCUT2D eigenvalue weighted by Gasteiger charge is -2.41. The zero-order chi connectivity index (χ0) is 61.7.